The number of carbonyl (C=O) groups is 1. The number of hydrogen-bond donors (Lipinski definition) is 2. The minimum absolute atomic E-state index is 0.224. The van der Waals surface area contributed by atoms with Gasteiger partial charge in [0.25, 0.3) is 5.91 Å². The molecule has 0 radical (unpaired) electrons. The Morgan fingerprint density at radius 2 is 1.85 bits per heavy atom. The maximum atomic E-state index is 12.6. The summed E-state index contributed by atoms with van der Waals surface area (Å²) in [5, 5.41) is 8.49. The monoisotopic (exact) mass is 281 g/mol. The van der Waals surface area contributed by atoms with Gasteiger partial charge < -0.3 is 0 Å². The number of alkyl halides is 1. The molecule has 0 bridgehead atoms. The predicted octanol–water partition coefficient (Wildman–Crippen LogP) is 0.779. The zero-order chi connectivity index (χ0) is 14.4. The van der Waals surface area contributed by atoms with Crippen LogP contribution in [0.15, 0.2) is 24.3 Å². The number of halogens is 1. The van der Waals surface area contributed by atoms with Gasteiger partial charge in [0, 0.05) is 32.7 Å². The van der Waals surface area contributed by atoms with Gasteiger partial charge in [-0.25, -0.2) is 9.87 Å². The molecule has 2 rings (SSSR count). The van der Waals surface area contributed by atoms with E-state index in [1.165, 1.54) is 0 Å². The van der Waals surface area contributed by atoms with E-state index in [0.717, 1.165) is 38.3 Å². The topological polar surface area (TPSA) is 55.8 Å². The van der Waals surface area contributed by atoms with Crippen molar-refractivity contribution < 1.29 is 14.4 Å². The highest BCUT2D eigenvalue weighted by molar-refractivity contribution is 5.76. The summed E-state index contributed by atoms with van der Waals surface area (Å²) in [5.74, 6) is -0.380. The second kappa shape index (κ2) is 7.33. The number of amides is 1. The molecule has 0 saturated carbocycles. The van der Waals surface area contributed by atoms with Gasteiger partial charge in [0.15, 0.2) is 0 Å². The van der Waals surface area contributed by atoms with Gasteiger partial charge in [0.2, 0.25) is 0 Å². The largest absolute Gasteiger partial charge is 0.297 e. The van der Waals surface area contributed by atoms with Gasteiger partial charge in [-0.3, -0.25) is 19.8 Å². The lowest BCUT2D eigenvalue weighted by molar-refractivity contribution is -0.130. The van der Waals surface area contributed by atoms with Crippen molar-refractivity contribution in [1.29, 1.82) is 0 Å². The highest BCUT2D eigenvalue weighted by Gasteiger charge is 2.18. The average molecular weight is 281 g/mol. The Morgan fingerprint density at radius 1 is 1.20 bits per heavy atom. The first-order chi connectivity index (χ1) is 9.71. The first-order valence-corrected chi connectivity index (χ1v) is 6.72. The maximum Gasteiger partial charge on any atom is 0.257 e. The van der Waals surface area contributed by atoms with Crippen LogP contribution in [0.2, 0.25) is 0 Å². The summed E-state index contributed by atoms with van der Waals surface area (Å²) < 4.78 is 12.6. The number of benzene rings is 1. The first kappa shape index (κ1) is 14.9. The van der Waals surface area contributed by atoms with Crippen LogP contribution < -0.4 is 5.48 Å². The number of carbonyl (C=O) groups excluding carboxylic acids is 1. The molecule has 0 aliphatic carbocycles. The van der Waals surface area contributed by atoms with E-state index in [1.54, 1.807) is 11.5 Å². The molecule has 1 aliphatic rings. The van der Waals surface area contributed by atoms with Crippen LogP contribution in [-0.2, 0) is 18.0 Å². The third-order valence-electron chi connectivity index (χ3n) is 3.51. The van der Waals surface area contributed by atoms with Crippen LogP contribution in [0.5, 0.6) is 0 Å². The minimum Gasteiger partial charge on any atom is -0.297 e. The Kier molecular flexibility index (Phi) is 5.46. The van der Waals surface area contributed by atoms with Crippen LogP contribution in [0.4, 0.5) is 4.39 Å². The molecule has 5 nitrogen and oxygen atoms in total. The summed E-state index contributed by atoms with van der Waals surface area (Å²) in [6.45, 7) is 3.89. The van der Waals surface area contributed by atoms with Crippen LogP contribution in [-0.4, -0.2) is 53.6 Å². The Bertz CT molecular complexity index is 448. The van der Waals surface area contributed by atoms with E-state index in [1.807, 2.05) is 23.1 Å². The van der Waals surface area contributed by atoms with Gasteiger partial charge in [0.05, 0.1) is 6.54 Å². The molecule has 1 aliphatic heterocycles. The molecule has 0 unspecified atom stereocenters. The zero-order valence-corrected chi connectivity index (χ0v) is 11.4. The molecule has 0 atom stereocenters. The lowest BCUT2D eigenvalue weighted by Crippen LogP contribution is -2.48. The minimum atomic E-state index is -0.433. The number of nitrogens with zero attached hydrogens (tertiary/aromatic N) is 2. The van der Waals surface area contributed by atoms with Crippen LogP contribution >= 0.6 is 0 Å². The molecule has 2 N–H and O–H groups in total. The van der Waals surface area contributed by atoms with E-state index in [2.05, 4.69) is 4.90 Å². The number of hydroxylamine groups is 1. The highest BCUT2D eigenvalue weighted by Crippen LogP contribution is 2.11. The van der Waals surface area contributed by atoms with Gasteiger partial charge in [-0.15, -0.1) is 0 Å². The standard InChI is InChI=1S/C14H20FN3O2/c15-9-12-2-1-3-13(8-12)10-17-4-6-18(7-5-17)11-14(19)16-20/h1-3,8,20H,4-7,9-11H2,(H,16,19). The summed E-state index contributed by atoms with van der Waals surface area (Å²) in [6.07, 6.45) is 0. The van der Waals surface area contributed by atoms with E-state index in [-0.39, 0.29) is 12.5 Å². The van der Waals surface area contributed by atoms with Crippen LogP contribution in [0.3, 0.4) is 0 Å². The van der Waals surface area contributed by atoms with E-state index >= 15 is 0 Å². The molecule has 0 aromatic heterocycles. The molecule has 1 amide bonds. The Balaban J connectivity index is 1.80. The summed E-state index contributed by atoms with van der Waals surface area (Å²) in [4.78, 5) is 15.4. The molecule has 1 aromatic carbocycles. The van der Waals surface area contributed by atoms with Crippen molar-refractivity contribution in [1.82, 2.24) is 15.3 Å². The van der Waals surface area contributed by atoms with Crippen molar-refractivity contribution in [2.75, 3.05) is 32.7 Å². The van der Waals surface area contributed by atoms with Crippen LogP contribution in [0, 0.1) is 0 Å². The van der Waals surface area contributed by atoms with Crippen molar-refractivity contribution in [2.24, 2.45) is 0 Å². The van der Waals surface area contributed by atoms with E-state index in [0.29, 0.717) is 5.56 Å². The fraction of sp³-hybridized carbons (Fsp3) is 0.500. The number of hydrogen-bond acceptors (Lipinski definition) is 4. The molecule has 1 saturated heterocycles. The molecule has 6 heteroatoms. The molecular weight excluding hydrogens is 261 g/mol. The molecule has 20 heavy (non-hydrogen) atoms. The fourth-order valence-electron chi connectivity index (χ4n) is 2.41. The molecule has 1 heterocycles. The third-order valence-corrected chi connectivity index (χ3v) is 3.51. The number of piperazine rings is 1. The van der Waals surface area contributed by atoms with Crippen molar-refractivity contribution in [3.8, 4) is 0 Å². The summed E-state index contributed by atoms with van der Waals surface area (Å²) >= 11 is 0. The van der Waals surface area contributed by atoms with E-state index < -0.39 is 6.67 Å². The van der Waals surface area contributed by atoms with E-state index in [9.17, 15) is 9.18 Å². The van der Waals surface area contributed by atoms with Crippen LogP contribution in [0.25, 0.3) is 0 Å². The SMILES string of the molecule is O=C(CN1CCN(Cc2cccc(CF)c2)CC1)NO. The van der Waals surface area contributed by atoms with Crippen molar-refractivity contribution >= 4 is 5.91 Å². The molecule has 1 aromatic rings. The van der Waals surface area contributed by atoms with Gasteiger partial charge in [-0.2, -0.15) is 0 Å². The second-order valence-electron chi connectivity index (χ2n) is 5.04. The molecule has 110 valence electrons. The zero-order valence-electron chi connectivity index (χ0n) is 11.4. The quantitative estimate of drug-likeness (QED) is 0.618. The molecular formula is C14H20FN3O2. The van der Waals surface area contributed by atoms with Gasteiger partial charge >= 0.3 is 0 Å². The lowest BCUT2D eigenvalue weighted by Gasteiger charge is -2.34. The molecule has 0 spiro atoms. The normalized spacial score (nSPS) is 17.1. The van der Waals surface area contributed by atoms with Crippen LogP contribution in [0.1, 0.15) is 11.1 Å². The third kappa shape index (κ3) is 4.26. The second-order valence-corrected chi connectivity index (χ2v) is 5.04. The summed E-state index contributed by atoms with van der Waals surface area (Å²) in [7, 11) is 0. The fourth-order valence-corrected chi connectivity index (χ4v) is 2.41. The lowest BCUT2D eigenvalue weighted by atomic mass is 10.1. The summed E-state index contributed by atoms with van der Waals surface area (Å²) in [6, 6.07) is 7.57. The Labute approximate surface area is 117 Å². The highest BCUT2D eigenvalue weighted by atomic mass is 19.1. The smallest absolute Gasteiger partial charge is 0.257 e. The Hall–Kier alpha value is -1.50. The first-order valence-electron chi connectivity index (χ1n) is 6.72. The van der Waals surface area contributed by atoms with Gasteiger partial charge in [0.1, 0.15) is 6.67 Å². The van der Waals surface area contributed by atoms with Gasteiger partial charge in [-0.05, 0) is 11.1 Å². The maximum absolute atomic E-state index is 12.6. The predicted molar refractivity (Wildman–Crippen MR) is 72.9 cm³/mol. The van der Waals surface area contributed by atoms with Crippen molar-refractivity contribution in [2.45, 2.75) is 13.2 Å². The number of rotatable bonds is 5. The molecule has 1 fully saturated rings. The number of nitrogens with one attached hydrogen (secondary N) is 1. The van der Waals surface area contributed by atoms with E-state index in [4.69, 9.17) is 5.21 Å². The summed E-state index contributed by atoms with van der Waals surface area (Å²) in [5.41, 5.74) is 3.47. The van der Waals surface area contributed by atoms with Crippen molar-refractivity contribution in [3.63, 3.8) is 0 Å². The average Bonchev–Trinajstić information content (AvgIpc) is 2.49. The van der Waals surface area contributed by atoms with Crippen molar-refractivity contribution in [3.05, 3.63) is 35.4 Å². The van der Waals surface area contributed by atoms with Gasteiger partial charge in [-0.1, -0.05) is 24.3 Å². The Morgan fingerprint density at radius 3 is 2.50 bits per heavy atom.